The Morgan fingerprint density at radius 1 is 1.24 bits per heavy atom. The van der Waals surface area contributed by atoms with E-state index in [1.165, 1.54) is 11.1 Å². The van der Waals surface area contributed by atoms with Crippen molar-refractivity contribution in [1.82, 2.24) is 15.0 Å². The fraction of sp³-hybridized carbons (Fsp3) is 0.500. The van der Waals surface area contributed by atoms with Crippen LogP contribution in [-0.2, 0) is 17.7 Å². The summed E-state index contributed by atoms with van der Waals surface area (Å²) in [6, 6.07) is 8.83. The van der Waals surface area contributed by atoms with Gasteiger partial charge in [-0.15, -0.1) is 0 Å². The van der Waals surface area contributed by atoms with Gasteiger partial charge in [-0.25, -0.2) is 0 Å². The summed E-state index contributed by atoms with van der Waals surface area (Å²) in [6.45, 7) is 7.34. The van der Waals surface area contributed by atoms with E-state index in [9.17, 15) is 0 Å². The molecule has 5 heteroatoms. The Labute approximate surface area is 124 Å². The number of hydrogen-bond acceptors (Lipinski definition) is 5. The van der Waals surface area contributed by atoms with Gasteiger partial charge in [0, 0.05) is 26.6 Å². The number of nitrogens with zero attached hydrogens (tertiary/aromatic N) is 3. The second-order valence-electron chi connectivity index (χ2n) is 5.44. The molecule has 5 nitrogen and oxygen atoms in total. The topological polar surface area (TPSA) is 51.4 Å². The lowest BCUT2D eigenvalue weighted by Crippen LogP contribution is -2.38. The molecule has 3 rings (SSSR count). The summed E-state index contributed by atoms with van der Waals surface area (Å²) in [6.07, 6.45) is 0.989. The van der Waals surface area contributed by atoms with Gasteiger partial charge in [0.25, 0.3) is 0 Å². The molecule has 2 heterocycles. The molecule has 0 saturated carbocycles. The number of morpholine rings is 1. The molecule has 0 aliphatic carbocycles. The van der Waals surface area contributed by atoms with Gasteiger partial charge in [-0.1, -0.05) is 36.3 Å². The van der Waals surface area contributed by atoms with Crippen molar-refractivity contribution in [2.24, 2.45) is 0 Å². The van der Waals surface area contributed by atoms with Crippen LogP contribution in [0.5, 0.6) is 0 Å². The van der Waals surface area contributed by atoms with Crippen molar-refractivity contribution in [2.75, 3.05) is 19.7 Å². The predicted molar refractivity (Wildman–Crippen MR) is 78.8 cm³/mol. The van der Waals surface area contributed by atoms with Crippen molar-refractivity contribution >= 4 is 0 Å². The molecule has 1 aliphatic rings. The van der Waals surface area contributed by atoms with Gasteiger partial charge in [0.15, 0.2) is 0 Å². The summed E-state index contributed by atoms with van der Waals surface area (Å²) in [4.78, 5) is 6.64. The number of rotatable bonds is 4. The third-order valence-electron chi connectivity index (χ3n) is 3.82. The van der Waals surface area contributed by atoms with Gasteiger partial charge >= 0.3 is 0 Å². The maximum absolute atomic E-state index is 5.76. The van der Waals surface area contributed by atoms with Crippen LogP contribution in [0.3, 0.4) is 0 Å². The minimum atomic E-state index is -0.0916. The smallest absolute Gasteiger partial charge is 0.223 e. The van der Waals surface area contributed by atoms with Gasteiger partial charge in [0.2, 0.25) is 11.7 Å². The third-order valence-corrected chi connectivity index (χ3v) is 3.82. The second-order valence-corrected chi connectivity index (χ2v) is 5.44. The molecule has 1 aromatic carbocycles. The fourth-order valence-electron chi connectivity index (χ4n) is 2.59. The van der Waals surface area contributed by atoms with E-state index >= 15 is 0 Å². The number of aromatic nitrogens is 2. The quantitative estimate of drug-likeness (QED) is 0.865. The summed E-state index contributed by atoms with van der Waals surface area (Å²) >= 11 is 0. The molecule has 1 unspecified atom stereocenters. The molecule has 1 fully saturated rings. The van der Waals surface area contributed by atoms with E-state index < -0.39 is 0 Å². The van der Waals surface area contributed by atoms with Crippen molar-refractivity contribution in [3.05, 3.63) is 47.1 Å². The number of hydrogen-bond donors (Lipinski definition) is 0. The Kier molecular flexibility index (Phi) is 4.31. The molecular formula is C16H21N3O2. The lowest BCUT2D eigenvalue weighted by Gasteiger charge is -2.31. The first-order chi connectivity index (χ1) is 10.2. The molecular weight excluding hydrogens is 266 g/mol. The molecule has 0 spiro atoms. The zero-order valence-corrected chi connectivity index (χ0v) is 12.6. The van der Waals surface area contributed by atoms with E-state index in [4.69, 9.17) is 9.26 Å². The molecule has 0 amide bonds. The molecule has 0 bridgehead atoms. The SMILES string of the molecule is CCc1ccc(CN2CCOC(c3noc(C)n3)C2)cc1. The number of ether oxygens (including phenoxy) is 1. The highest BCUT2D eigenvalue weighted by atomic mass is 16.5. The lowest BCUT2D eigenvalue weighted by atomic mass is 10.1. The first-order valence-electron chi connectivity index (χ1n) is 7.46. The lowest BCUT2D eigenvalue weighted by molar-refractivity contribution is -0.0380. The molecule has 1 atom stereocenters. The molecule has 0 radical (unpaired) electrons. The van der Waals surface area contributed by atoms with Crippen LogP contribution in [0.15, 0.2) is 28.8 Å². The van der Waals surface area contributed by atoms with E-state index in [0.29, 0.717) is 18.3 Å². The van der Waals surface area contributed by atoms with Crippen LogP contribution in [0.1, 0.15) is 35.9 Å². The summed E-state index contributed by atoms with van der Waals surface area (Å²) in [7, 11) is 0. The summed E-state index contributed by atoms with van der Waals surface area (Å²) < 4.78 is 10.8. The zero-order chi connectivity index (χ0) is 14.7. The normalized spacial score (nSPS) is 19.8. The van der Waals surface area contributed by atoms with Gasteiger partial charge in [-0.05, 0) is 17.5 Å². The van der Waals surface area contributed by atoms with E-state index in [1.54, 1.807) is 6.92 Å². The van der Waals surface area contributed by atoms with Gasteiger partial charge in [-0.2, -0.15) is 4.98 Å². The predicted octanol–water partition coefficient (Wildman–Crippen LogP) is 2.51. The average Bonchev–Trinajstić information content (AvgIpc) is 2.95. The van der Waals surface area contributed by atoms with Crippen LogP contribution in [-0.4, -0.2) is 34.7 Å². The monoisotopic (exact) mass is 287 g/mol. The summed E-state index contributed by atoms with van der Waals surface area (Å²) in [5.41, 5.74) is 2.71. The summed E-state index contributed by atoms with van der Waals surface area (Å²) in [5.74, 6) is 1.24. The average molecular weight is 287 g/mol. The van der Waals surface area contributed by atoms with Gasteiger partial charge in [0.05, 0.1) is 6.61 Å². The molecule has 2 aromatic rings. The van der Waals surface area contributed by atoms with Gasteiger partial charge in [0.1, 0.15) is 6.10 Å². The van der Waals surface area contributed by atoms with Crippen LogP contribution in [0.25, 0.3) is 0 Å². The van der Waals surface area contributed by atoms with E-state index in [1.807, 2.05) is 0 Å². The molecule has 1 saturated heterocycles. The first kappa shape index (κ1) is 14.2. The van der Waals surface area contributed by atoms with Crippen molar-refractivity contribution in [3.63, 3.8) is 0 Å². The van der Waals surface area contributed by atoms with Gasteiger partial charge in [-0.3, -0.25) is 4.90 Å². The molecule has 112 valence electrons. The maximum atomic E-state index is 5.76. The third kappa shape index (κ3) is 3.49. The van der Waals surface area contributed by atoms with E-state index in [2.05, 4.69) is 46.2 Å². The highest BCUT2D eigenvalue weighted by molar-refractivity contribution is 5.22. The van der Waals surface area contributed by atoms with Crippen LogP contribution < -0.4 is 0 Å². The Bertz CT molecular complexity index is 579. The Morgan fingerprint density at radius 2 is 2.00 bits per heavy atom. The maximum Gasteiger partial charge on any atom is 0.223 e. The molecule has 21 heavy (non-hydrogen) atoms. The largest absolute Gasteiger partial charge is 0.367 e. The van der Waals surface area contributed by atoms with Crippen LogP contribution in [0.2, 0.25) is 0 Å². The van der Waals surface area contributed by atoms with Crippen LogP contribution in [0.4, 0.5) is 0 Å². The molecule has 1 aromatic heterocycles. The van der Waals surface area contributed by atoms with Crippen molar-refractivity contribution in [3.8, 4) is 0 Å². The number of aryl methyl sites for hydroxylation is 2. The Balaban J connectivity index is 1.62. The minimum Gasteiger partial charge on any atom is -0.367 e. The van der Waals surface area contributed by atoms with Crippen molar-refractivity contribution in [1.29, 1.82) is 0 Å². The zero-order valence-electron chi connectivity index (χ0n) is 12.6. The summed E-state index contributed by atoms with van der Waals surface area (Å²) in [5, 5.41) is 3.97. The highest BCUT2D eigenvalue weighted by Crippen LogP contribution is 2.21. The minimum absolute atomic E-state index is 0.0916. The van der Waals surface area contributed by atoms with Crippen LogP contribution in [0, 0.1) is 6.92 Å². The van der Waals surface area contributed by atoms with Gasteiger partial charge < -0.3 is 9.26 Å². The second kappa shape index (κ2) is 6.37. The number of benzene rings is 1. The Hall–Kier alpha value is -1.72. The van der Waals surface area contributed by atoms with E-state index in [-0.39, 0.29) is 6.10 Å². The van der Waals surface area contributed by atoms with Crippen LogP contribution >= 0.6 is 0 Å². The fourth-order valence-corrected chi connectivity index (χ4v) is 2.59. The van der Waals surface area contributed by atoms with Crippen molar-refractivity contribution in [2.45, 2.75) is 32.9 Å². The van der Waals surface area contributed by atoms with Crippen molar-refractivity contribution < 1.29 is 9.26 Å². The standard InChI is InChI=1S/C16H21N3O2/c1-3-13-4-6-14(7-5-13)10-19-8-9-20-15(11-19)16-17-12(2)21-18-16/h4-7,15H,3,8-11H2,1-2H3. The first-order valence-corrected chi connectivity index (χ1v) is 7.46. The Morgan fingerprint density at radius 3 is 2.67 bits per heavy atom. The molecule has 0 N–H and O–H groups in total. The van der Waals surface area contributed by atoms with E-state index in [0.717, 1.165) is 26.1 Å². The molecule has 1 aliphatic heterocycles. The highest BCUT2D eigenvalue weighted by Gasteiger charge is 2.25.